The Hall–Kier alpha value is -7.74. The highest BCUT2D eigenvalue weighted by Crippen LogP contribution is 2.58. The summed E-state index contributed by atoms with van der Waals surface area (Å²) in [4.78, 5) is 2.51. The molecule has 0 bridgehead atoms. The van der Waals surface area contributed by atoms with Crippen LogP contribution in [0.4, 0.5) is 17.1 Å². The minimum absolute atomic E-state index is 0.138. The predicted octanol–water partition coefficient (Wildman–Crippen LogP) is 16.3. The molecule has 12 rings (SSSR count). The van der Waals surface area contributed by atoms with Crippen molar-refractivity contribution in [3.63, 3.8) is 0 Å². The average Bonchev–Trinajstić information content (AvgIpc) is 3.77. The van der Waals surface area contributed by atoms with Crippen LogP contribution in [0.2, 0.25) is 0 Å². The van der Waals surface area contributed by atoms with Crippen molar-refractivity contribution in [2.45, 2.75) is 24.7 Å². The maximum Gasteiger partial charge on any atom is 0.0714 e. The fourth-order valence-electron chi connectivity index (χ4n) is 11.0. The molecule has 2 aliphatic carbocycles. The van der Waals surface area contributed by atoms with E-state index < -0.39 is 5.41 Å². The Bertz CT molecular complexity index is 3360. The van der Waals surface area contributed by atoms with E-state index >= 15 is 0 Å². The maximum atomic E-state index is 2.51. The molecule has 0 amide bonds. The van der Waals surface area contributed by atoms with Crippen LogP contribution in [0.25, 0.3) is 55.3 Å². The molecule has 1 atom stereocenters. The summed E-state index contributed by atoms with van der Waals surface area (Å²) in [5.74, 6) is 0. The van der Waals surface area contributed by atoms with Gasteiger partial charge in [0.2, 0.25) is 0 Å². The van der Waals surface area contributed by atoms with Gasteiger partial charge >= 0.3 is 0 Å². The van der Waals surface area contributed by atoms with E-state index in [-0.39, 0.29) is 5.41 Å². The summed E-state index contributed by atoms with van der Waals surface area (Å²) in [7, 11) is 0. The lowest BCUT2D eigenvalue weighted by atomic mass is 9.67. The van der Waals surface area contributed by atoms with Gasteiger partial charge in [-0.2, -0.15) is 0 Å². The standard InChI is InChI=1S/C62H45N/c1-61(2)55-30-13-12-29-53(55)60-57(61)32-17-33-59(60)63(50-36-34-43(35-37-50)45-23-15-22-44(38-45)42-18-5-3-6-19-42)51-27-16-26-49(41-51)62(48-24-7-4-8-25-48)56-31-14-11-28-52(56)54-39-46-20-9-10-21-47(46)40-58(54)62/h3-41H,1-2H3. The smallest absolute Gasteiger partial charge is 0.0714 e. The minimum atomic E-state index is -0.556. The van der Waals surface area contributed by atoms with Gasteiger partial charge < -0.3 is 4.90 Å². The molecule has 0 radical (unpaired) electrons. The second kappa shape index (κ2) is 14.4. The van der Waals surface area contributed by atoms with Crippen molar-refractivity contribution in [3.05, 3.63) is 270 Å². The van der Waals surface area contributed by atoms with Crippen molar-refractivity contribution < 1.29 is 0 Å². The molecule has 1 heteroatoms. The molecule has 63 heavy (non-hydrogen) atoms. The van der Waals surface area contributed by atoms with Gasteiger partial charge in [-0.3, -0.25) is 0 Å². The molecule has 298 valence electrons. The highest BCUT2D eigenvalue weighted by Gasteiger charge is 2.46. The molecule has 0 spiro atoms. The molecule has 0 saturated carbocycles. The van der Waals surface area contributed by atoms with Crippen molar-refractivity contribution in [2.24, 2.45) is 0 Å². The van der Waals surface area contributed by atoms with E-state index in [0.29, 0.717) is 0 Å². The predicted molar refractivity (Wildman–Crippen MR) is 264 cm³/mol. The van der Waals surface area contributed by atoms with E-state index in [1.165, 1.54) is 94.3 Å². The van der Waals surface area contributed by atoms with Crippen LogP contribution in [0, 0.1) is 0 Å². The second-order valence-corrected chi connectivity index (χ2v) is 17.7. The molecule has 10 aromatic rings. The van der Waals surface area contributed by atoms with Crippen molar-refractivity contribution in [1.29, 1.82) is 0 Å². The average molecular weight is 804 g/mol. The van der Waals surface area contributed by atoms with Crippen LogP contribution < -0.4 is 4.90 Å². The monoisotopic (exact) mass is 803 g/mol. The van der Waals surface area contributed by atoms with Crippen LogP contribution >= 0.6 is 0 Å². The fourth-order valence-corrected chi connectivity index (χ4v) is 11.0. The number of anilines is 3. The molecule has 1 nitrogen and oxygen atoms in total. The number of rotatable bonds is 7. The SMILES string of the molecule is CC1(C)c2ccccc2-c2c(N(c3ccc(-c4cccc(-c5ccccc5)c4)cc3)c3cccc(C4(c5ccccc5)c5ccccc5-c5cc6ccccc6cc54)c3)cccc21. The van der Waals surface area contributed by atoms with Gasteiger partial charge in [0.25, 0.3) is 0 Å². The summed E-state index contributed by atoms with van der Waals surface area (Å²) in [6, 6.07) is 87.9. The van der Waals surface area contributed by atoms with Gasteiger partial charge in [0.1, 0.15) is 0 Å². The Morgan fingerprint density at radius 1 is 0.317 bits per heavy atom. The highest BCUT2D eigenvalue weighted by molar-refractivity contribution is 5.98. The lowest BCUT2D eigenvalue weighted by Crippen LogP contribution is -2.29. The van der Waals surface area contributed by atoms with Crippen LogP contribution in [-0.4, -0.2) is 0 Å². The fraction of sp³-hybridized carbons (Fsp3) is 0.0645. The van der Waals surface area contributed by atoms with E-state index in [9.17, 15) is 0 Å². The second-order valence-electron chi connectivity index (χ2n) is 17.7. The minimum Gasteiger partial charge on any atom is -0.310 e. The van der Waals surface area contributed by atoms with E-state index in [4.69, 9.17) is 0 Å². The molecule has 1 unspecified atom stereocenters. The quantitative estimate of drug-likeness (QED) is 0.155. The van der Waals surface area contributed by atoms with Crippen LogP contribution in [0.1, 0.15) is 47.2 Å². The molecular formula is C62H45N. The summed E-state index contributed by atoms with van der Waals surface area (Å²) < 4.78 is 0. The number of nitrogens with zero attached hydrogens (tertiary/aromatic N) is 1. The first-order valence-corrected chi connectivity index (χ1v) is 22.1. The molecule has 10 aromatic carbocycles. The third-order valence-electron chi connectivity index (χ3n) is 13.9. The zero-order chi connectivity index (χ0) is 42.1. The van der Waals surface area contributed by atoms with Crippen molar-refractivity contribution in [2.75, 3.05) is 4.90 Å². The normalized spacial score (nSPS) is 15.3. The van der Waals surface area contributed by atoms with Gasteiger partial charge in [-0.1, -0.05) is 202 Å². The van der Waals surface area contributed by atoms with E-state index in [2.05, 4.69) is 255 Å². The Labute approximate surface area is 370 Å². The first-order valence-electron chi connectivity index (χ1n) is 22.1. The highest BCUT2D eigenvalue weighted by atomic mass is 15.1. The van der Waals surface area contributed by atoms with Gasteiger partial charge in [0.05, 0.1) is 11.1 Å². The first-order chi connectivity index (χ1) is 31.0. The summed E-state index contributed by atoms with van der Waals surface area (Å²) in [5, 5.41) is 2.50. The number of hydrogen-bond donors (Lipinski definition) is 0. The zero-order valence-electron chi connectivity index (χ0n) is 35.5. The number of fused-ring (bicyclic) bond motifs is 7. The van der Waals surface area contributed by atoms with Crippen LogP contribution in [-0.2, 0) is 10.8 Å². The summed E-state index contributed by atoms with van der Waals surface area (Å²) >= 11 is 0. The molecule has 2 aliphatic rings. The van der Waals surface area contributed by atoms with Gasteiger partial charge in [-0.25, -0.2) is 0 Å². The van der Waals surface area contributed by atoms with E-state index in [1.54, 1.807) is 0 Å². The van der Waals surface area contributed by atoms with Crippen LogP contribution in [0.15, 0.2) is 237 Å². The maximum absolute atomic E-state index is 2.51. The Morgan fingerprint density at radius 2 is 0.873 bits per heavy atom. The van der Waals surface area contributed by atoms with Crippen LogP contribution in [0.3, 0.4) is 0 Å². The molecule has 0 N–H and O–H groups in total. The summed E-state index contributed by atoms with van der Waals surface area (Å²) in [5.41, 5.74) is 20.5. The van der Waals surface area contributed by atoms with Crippen molar-refractivity contribution in [1.82, 2.24) is 0 Å². The zero-order valence-corrected chi connectivity index (χ0v) is 35.5. The lowest BCUT2D eigenvalue weighted by molar-refractivity contribution is 0.660. The Balaban J connectivity index is 1.09. The molecule has 0 heterocycles. The first kappa shape index (κ1) is 37.1. The van der Waals surface area contributed by atoms with E-state index in [0.717, 1.165) is 11.4 Å². The number of benzene rings is 10. The van der Waals surface area contributed by atoms with Crippen LogP contribution in [0.5, 0.6) is 0 Å². The van der Waals surface area contributed by atoms with Gasteiger partial charge in [0.15, 0.2) is 0 Å². The third kappa shape index (κ3) is 5.70. The van der Waals surface area contributed by atoms with Crippen molar-refractivity contribution in [3.8, 4) is 44.5 Å². The van der Waals surface area contributed by atoms with Gasteiger partial charge in [-0.05, 0) is 132 Å². The topological polar surface area (TPSA) is 3.24 Å². The summed E-state index contributed by atoms with van der Waals surface area (Å²) in [6.07, 6.45) is 0. The van der Waals surface area contributed by atoms with E-state index in [1.807, 2.05) is 0 Å². The lowest BCUT2D eigenvalue weighted by Gasteiger charge is -2.35. The Morgan fingerprint density at radius 3 is 1.63 bits per heavy atom. The molecule has 0 aromatic heterocycles. The number of hydrogen-bond acceptors (Lipinski definition) is 1. The Kier molecular flexibility index (Phi) is 8.49. The molecule has 0 aliphatic heterocycles. The largest absolute Gasteiger partial charge is 0.310 e. The van der Waals surface area contributed by atoms with Crippen molar-refractivity contribution >= 4 is 27.8 Å². The molecular weight excluding hydrogens is 759 g/mol. The van der Waals surface area contributed by atoms with Gasteiger partial charge in [-0.15, -0.1) is 0 Å². The molecule has 0 saturated heterocycles. The third-order valence-corrected chi connectivity index (χ3v) is 13.9. The van der Waals surface area contributed by atoms with Gasteiger partial charge in [0, 0.05) is 22.4 Å². The molecule has 0 fully saturated rings. The summed E-state index contributed by atoms with van der Waals surface area (Å²) in [6.45, 7) is 4.74.